The van der Waals surface area contributed by atoms with Crippen molar-refractivity contribution < 1.29 is 26.3 Å². The number of piperazine rings is 1. The van der Waals surface area contributed by atoms with Gasteiger partial charge in [0.2, 0.25) is 10.0 Å². The van der Waals surface area contributed by atoms with Crippen molar-refractivity contribution in [1.82, 2.24) is 13.9 Å². The molecule has 2 aliphatic heterocycles. The Bertz CT molecular complexity index is 1310. The van der Waals surface area contributed by atoms with Crippen molar-refractivity contribution in [2.45, 2.75) is 24.3 Å². The second-order valence-electron chi connectivity index (χ2n) is 9.10. The van der Waals surface area contributed by atoms with Crippen molar-refractivity contribution in [3.05, 3.63) is 48.2 Å². The Kier molecular flexibility index (Phi) is 6.27. The first-order valence-electron chi connectivity index (χ1n) is 11.6. The van der Waals surface area contributed by atoms with Gasteiger partial charge in [0.1, 0.15) is 5.82 Å². The molecule has 188 valence electrons. The quantitative estimate of drug-likeness (QED) is 0.534. The predicted octanol–water partition coefficient (Wildman–Crippen LogP) is 3.83. The molecule has 0 saturated carbocycles. The van der Waals surface area contributed by atoms with E-state index in [2.05, 4.69) is 9.80 Å². The monoisotopic (exact) mass is 508 g/mol. The number of benzene rings is 1. The number of alkyl halides is 3. The van der Waals surface area contributed by atoms with E-state index < -0.39 is 27.0 Å². The normalized spacial score (nSPS) is 18.9. The highest BCUT2D eigenvalue weighted by Gasteiger charge is 2.32. The van der Waals surface area contributed by atoms with Crippen molar-refractivity contribution >= 4 is 26.9 Å². The summed E-state index contributed by atoms with van der Waals surface area (Å²) in [7, 11) is -1.69. The Balaban J connectivity index is 1.64. The van der Waals surface area contributed by atoms with E-state index in [1.165, 1.54) is 22.3 Å². The molecule has 7 nitrogen and oxygen atoms in total. The summed E-state index contributed by atoms with van der Waals surface area (Å²) >= 11 is 0. The van der Waals surface area contributed by atoms with Crippen LogP contribution in [-0.4, -0.2) is 74.0 Å². The largest absolute Gasteiger partial charge is 0.416 e. The van der Waals surface area contributed by atoms with Crippen LogP contribution >= 0.6 is 0 Å². The molecule has 4 heterocycles. The van der Waals surface area contributed by atoms with Gasteiger partial charge in [-0.1, -0.05) is 12.1 Å². The first-order valence-corrected chi connectivity index (χ1v) is 13.1. The summed E-state index contributed by atoms with van der Waals surface area (Å²) in [5.74, 6) is 0.614. The number of hydrogen-bond acceptors (Lipinski definition) is 6. The van der Waals surface area contributed by atoms with Gasteiger partial charge in [-0.2, -0.15) is 13.2 Å². The second-order valence-corrected chi connectivity index (χ2v) is 11.2. The summed E-state index contributed by atoms with van der Waals surface area (Å²) in [6.07, 6.45) is -2.11. The topological polar surface area (TPSA) is 67.7 Å². The van der Waals surface area contributed by atoms with E-state index >= 15 is 0 Å². The van der Waals surface area contributed by atoms with E-state index in [1.54, 1.807) is 6.07 Å². The molecule has 2 aromatic heterocycles. The average molecular weight is 509 g/mol. The molecular formula is C24H27F3N4O3S. The number of nitrogens with zero attached hydrogens (tertiary/aromatic N) is 4. The standard InChI is InChI=1S/C24H27F3N4O3S/c1-29-10-12-30(13-11-29)22-16-21(17-2-4-18(5-3-17)24(25,26)27)20-6-9-31(23(20)28-22)35(32,33)19-7-14-34-15-8-19/h2-6,9,16,19H,7-8,10-15H2,1H3. The fourth-order valence-corrected chi connectivity index (χ4v) is 6.41. The van der Waals surface area contributed by atoms with E-state index in [9.17, 15) is 21.6 Å². The third-order valence-electron chi connectivity index (χ3n) is 6.82. The fraction of sp³-hybridized carbons (Fsp3) is 0.458. The fourth-order valence-electron chi connectivity index (χ4n) is 4.69. The summed E-state index contributed by atoms with van der Waals surface area (Å²) in [6, 6.07) is 8.48. The minimum absolute atomic E-state index is 0.294. The highest BCUT2D eigenvalue weighted by molar-refractivity contribution is 7.90. The van der Waals surface area contributed by atoms with Crippen LogP contribution in [0.15, 0.2) is 42.6 Å². The maximum Gasteiger partial charge on any atom is 0.416 e. The lowest BCUT2D eigenvalue weighted by Gasteiger charge is -2.33. The van der Waals surface area contributed by atoms with E-state index in [4.69, 9.17) is 9.72 Å². The van der Waals surface area contributed by atoms with Gasteiger partial charge in [-0.15, -0.1) is 0 Å². The summed E-state index contributed by atoms with van der Waals surface area (Å²) in [5, 5.41) is 0.00809. The lowest BCUT2D eigenvalue weighted by atomic mass is 10.0. The molecule has 11 heteroatoms. The van der Waals surface area contributed by atoms with Gasteiger partial charge >= 0.3 is 6.18 Å². The number of pyridine rings is 1. The number of rotatable bonds is 4. The number of fused-ring (bicyclic) bond motifs is 1. The Morgan fingerprint density at radius 2 is 1.66 bits per heavy atom. The Morgan fingerprint density at radius 3 is 2.29 bits per heavy atom. The first kappa shape index (κ1) is 24.1. The number of aromatic nitrogens is 2. The zero-order valence-electron chi connectivity index (χ0n) is 19.3. The molecule has 35 heavy (non-hydrogen) atoms. The van der Waals surface area contributed by atoms with Gasteiger partial charge in [0.25, 0.3) is 0 Å². The summed E-state index contributed by atoms with van der Waals surface area (Å²) in [4.78, 5) is 9.06. The molecule has 0 spiro atoms. The minimum atomic E-state index is -4.43. The number of anilines is 1. The van der Waals surface area contributed by atoms with Crippen LogP contribution in [0.3, 0.4) is 0 Å². The van der Waals surface area contributed by atoms with E-state index in [0.717, 1.165) is 38.3 Å². The van der Waals surface area contributed by atoms with Gasteiger partial charge in [-0.3, -0.25) is 0 Å². The molecule has 0 N–H and O–H groups in total. The number of ether oxygens (including phenoxy) is 1. The maximum absolute atomic E-state index is 13.5. The third-order valence-corrected chi connectivity index (χ3v) is 8.98. The van der Waals surface area contributed by atoms with Crippen LogP contribution in [0, 0.1) is 0 Å². The van der Waals surface area contributed by atoms with Crippen LogP contribution in [-0.2, 0) is 20.9 Å². The number of halogens is 3. The van der Waals surface area contributed by atoms with Gasteiger partial charge < -0.3 is 14.5 Å². The molecule has 0 radical (unpaired) electrons. The summed E-state index contributed by atoms with van der Waals surface area (Å²) < 4.78 is 73.0. The summed E-state index contributed by atoms with van der Waals surface area (Å²) in [5.41, 5.74) is 0.786. The SMILES string of the molecule is CN1CCN(c2cc(-c3ccc(C(F)(F)F)cc3)c3ccn(S(=O)(=O)C4CCOCC4)c3n2)CC1. The average Bonchev–Trinajstić information content (AvgIpc) is 3.29. The van der Waals surface area contributed by atoms with Crippen molar-refractivity contribution in [2.24, 2.45) is 0 Å². The van der Waals surface area contributed by atoms with Crippen molar-refractivity contribution in [2.75, 3.05) is 51.3 Å². The zero-order valence-corrected chi connectivity index (χ0v) is 20.1. The molecular weight excluding hydrogens is 481 g/mol. The van der Waals surface area contributed by atoms with Crippen molar-refractivity contribution in [3.63, 3.8) is 0 Å². The Morgan fingerprint density at radius 1 is 1.00 bits per heavy atom. The van der Waals surface area contributed by atoms with Gasteiger partial charge in [-0.25, -0.2) is 17.4 Å². The van der Waals surface area contributed by atoms with Gasteiger partial charge in [0.05, 0.1) is 10.8 Å². The van der Waals surface area contributed by atoms with Crippen molar-refractivity contribution in [3.8, 4) is 11.1 Å². The van der Waals surface area contributed by atoms with E-state index in [1.807, 2.05) is 13.1 Å². The number of hydrogen-bond donors (Lipinski definition) is 0. The molecule has 2 saturated heterocycles. The lowest BCUT2D eigenvalue weighted by Crippen LogP contribution is -2.44. The highest BCUT2D eigenvalue weighted by Crippen LogP contribution is 2.36. The van der Waals surface area contributed by atoms with Crippen LogP contribution in [0.4, 0.5) is 19.0 Å². The van der Waals surface area contributed by atoms with Gasteiger partial charge in [0.15, 0.2) is 5.65 Å². The Hall–Kier alpha value is -2.63. The molecule has 0 unspecified atom stereocenters. The molecule has 0 amide bonds. The third kappa shape index (κ3) is 4.64. The smallest absolute Gasteiger partial charge is 0.381 e. The molecule has 0 bridgehead atoms. The van der Waals surface area contributed by atoms with Crippen LogP contribution in [0.1, 0.15) is 18.4 Å². The summed E-state index contributed by atoms with van der Waals surface area (Å²) in [6.45, 7) is 3.87. The van der Waals surface area contributed by atoms with Crippen molar-refractivity contribution in [1.29, 1.82) is 0 Å². The maximum atomic E-state index is 13.5. The molecule has 0 aliphatic carbocycles. The van der Waals surface area contributed by atoms with Crippen LogP contribution < -0.4 is 4.90 Å². The highest BCUT2D eigenvalue weighted by atomic mass is 32.2. The molecule has 0 atom stereocenters. The predicted molar refractivity (Wildman–Crippen MR) is 128 cm³/mol. The molecule has 2 aliphatic rings. The van der Waals surface area contributed by atoms with Crippen LogP contribution in [0.25, 0.3) is 22.2 Å². The molecule has 2 fully saturated rings. The number of likely N-dealkylation sites (N-methyl/N-ethyl adjacent to an activating group) is 1. The molecule has 3 aromatic rings. The first-order chi connectivity index (χ1) is 16.6. The van der Waals surface area contributed by atoms with Gasteiger partial charge in [-0.05, 0) is 55.3 Å². The molecule has 5 rings (SSSR count). The van der Waals surface area contributed by atoms with E-state index in [-0.39, 0.29) is 0 Å². The molecule has 1 aromatic carbocycles. The van der Waals surface area contributed by atoms with Gasteiger partial charge in [0, 0.05) is 51.0 Å². The lowest BCUT2D eigenvalue weighted by molar-refractivity contribution is -0.137. The van der Waals surface area contributed by atoms with Crippen LogP contribution in [0.2, 0.25) is 0 Å². The minimum Gasteiger partial charge on any atom is -0.381 e. The van der Waals surface area contributed by atoms with E-state index in [0.29, 0.717) is 54.0 Å². The Labute approximate surface area is 202 Å². The van der Waals surface area contributed by atoms with Crippen LogP contribution in [0.5, 0.6) is 0 Å². The zero-order chi connectivity index (χ0) is 24.8. The second kappa shape index (κ2) is 9.11.